The van der Waals surface area contributed by atoms with Gasteiger partial charge in [-0.05, 0) is 35.9 Å². The number of hydrogen-bond acceptors (Lipinski definition) is 5. The minimum Gasteiger partial charge on any atom is -0.508 e. The maximum absolute atomic E-state index is 12.3. The molecule has 0 saturated heterocycles. The Morgan fingerprint density at radius 1 is 1.12 bits per heavy atom. The van der Waals surface area contributed by atoms with Gasteiger partial charge < -0.3 is 20.3 Å². The number of phenolic OH excluding ortho intramolecular Hbond substituents is 1. The van der Waals surface area contributed by atoms with E-state index < -0.39 is 12.1 Å². The molecule has 3 N–H and O–H groups in total. The Bertz CT molecular complexity index is 1220. The lowest BCUT2D eigenvalue weighted by atomic mass is 9.82. The number of ketones is 1. The molecule has 1 aliphatic carbocycles. The minimum atomic E-state index is -1.09. The molecule has 0 aromatic heterocycles. The van der Waals surface area contributed by atoms with Gasteiger partial charge in [-0.15, -0.1) is 0 Å². The predicted molar refractivity (Wildman–Crippen MR) is 126 cm³/mol. The lowest BCUT2D eigenvalue weighted by Crippen LogP contribution is -2.29. The number of aromatic hydroxyl groups is 1. The minimum absolute atomic E-state index is 0.0259. The number of benzene rings is 2. The number of carboxylic acid groups (broad SMARTS) is 1. The van der Waals surface area contributed by atoms with Gasteiger partial charge in [0.2, 0.25) is 0 Å². The molecule has 0 bridgehead atoms. The summed E-state index contributed by atoms with van der Waals surface area (Å²) in [6.45, 7) is 5.94. The molecular formula is C25H23NO5S. The molecule has 0 radical (unpaired) electrons. The first-order chi connectivity index (χ1) is 15.0. The Balaban J connectivity index is 1.90. The molecule has 2 aromatic carbocycles. The monoisotopic (exact) mass is 449 g/mol. The third kappa shape index (κ3) is 4.03. The van der Waals surface area contributed by atoms with Crippen LogP contribution in [0.25, 0.3) is 5.57 Å². The van der Waals surface area contributed by atoms with Crippen molar-refractivity contribution in [1.82, 2.24) is 0 Å². The van der Waals surface area contributed by atoms with Crippen molar-refractivity contribution in [2.75, 3.05) is 5.32 Å². The van der Waals surface area contributed by atoms with E-state index in [-0.39, 0.29) is 28.9 Å². The van der Waals surface area contributed by atoms with Gasteiger partial charge in [-0.3, -0.25) is 4.79 Å². The maximum atomic E-state index is 12.3. The van der Waals surface area contributed by atoms with E-state index in [1.54, 1.807) is 30.3 Å². The molecule has 164 valence electrons. The van der Waals surface area contributed by atoms with Gasteiger partial charge in [-0.2, -0.15) is 0 Å². The standard InChI is InChI=1S/C25H23NO5S/c1-25(2,3)24(32)26-13-4-7-16(19(10-13)23(29)30)22-17-8-5-14(27)11-20(17)31-21-12-15(28)6-9-18(21)22/h4-11,21,27H,12H2,1-3H3,(H,26,32)(H,29,30). The van der Waals surface area contributed by atoms with Gasteiger partial charge in [0.1, 0.15) is 17.6 Å². The normalized spacial score (nSPS) is 17.3. The number of ether oxygens (including phenoxy) is 1. The topological polar surface area (TPSA) is 95.9 Å². The highest BCUT2D eigenvalue weighted by Crippen LogP contribution is 2.44. The van der Waals surface area contributed by atoms with Gasteiger partial charge in [-0.1, -0.05) is 45.1 Å². The molecule has 32 heavy (non-hydrogen) atoms. The summed E-state index contributed by atoms with van der Waals surface area (Å²) in [5, 5.41) is 23.1. The summed E-state index contributed by atoms with van der Waals surface area (Å²) >= 11 is 5.44. The number of thiocarbonyl (C=S) groups is 1. The van der Waals surface area contributed by atoms with E-state index in [2.05, 4.69) is 5.32 Å². The Morgan fingerprint density at radius 3 is 2.53 bits per heavy atom. The van der Waals surface area contributed by atoms with Gasteiger partial charge >= 0.3 is 5.97 Å². The zero-order valence-corrected chi connectivity index (χ0v) is 18.7. The molecule has 1 aliphatic heterocycles. The lowest BCUT2D eigenvalue weighted by molar-refractivity contribution is -0.116. The van der Waals surface area contributed by atoms with Crippen molar-refractivity contribution in [1.29, 1.82) is 0 Å². The number of nitrogens with one attached hydrogen (secondary N) is 1. The first-order valence-electron chi connectivity index (χ1n) is 10.2. The van der Waals surface area contributed by atoms with Gasteiger partial charge in [0.15, 0.2) is 5.78 Å². The first-order valence-corrected chi connectivity index (χ1v) is 10.6. The quantitative estimate of drug-likeness (QED) is 0.570. The zero-order chi connectivity index (χ0) is 23.2. The second kappa shape index (κ2) is 7.91. The van der Waals surface area contributed by atoms with Gasteiger partial charge in [0.25, 0.3) is 0 Å². The number of anilines is 1. The number of hydrogen-bond donors (Lipinski definition) is 3. The lowest BCUT2D eigenvalue weighted by Gasteiger charge is -2.32. The highest BCUT2D eigenvalue weighted by atomic mass is 32.1. The molecular weight excluding hydrogens is 426 g/mol. The fourth-order valence-corrected chi connectivity index (χ4v) is 3.88. The van der Waals surface area contributed by atoms with E-state index in [1.807, 2.05) is 20.8 Å². The van der Waals surface area contributed by atoms with Crippen molar-refractivity contribution < 1.29 is 24.5 Å². The van der Waals surface area contributed by atoms with E-state index >= 15 is 0 Å². The Kier molecular flexibility index (Phi) is 5.38. The molecule has 2 aromatic rings. The Hall–Kier alpha value is -3.45. The third-order valence-corrected chi connectivity index (χ3v) is 6.15. The summed E-state index contributed by atoms with van der Waals surface area (Å²) in [6, 6.07) is 9.79. The average Bonchev–Trinajstić information content (AvgIpc) is 2.71. The van der Waals surface area contributed by atoms with Crippen LogP contribution in [-0.4, -0.2) is 33.1 Å². The molecule has 0 amide bonds. The number of fused-ring (bicyclic) bond motifs is 2. The van der Waals surface area contributed by atoms with E-state index in [9.17, 15) is 19.8 Å². The molecule has 4 rings (SSSR count). The fourth-order valence-electron chi connectivity index (χ4n) is 3.76. The molecule has 0 fully saturated rings. The van der Waals surface area contributed by atoms with E-state index in [0.717, 1.165) is 5.57 Å². The molecule has 0 saturated carbocycles. The molecule has 7 heteroatoms. The Morgan fingerprint density at radius 2 is 1.84 bits per heavy atom. The average molecular weight is 450 g/mol. The van der Waals surface area contributed by atoms with Crippen molar-refractivity contribution in [3.63, 3.8) is 0 Å². The number of carbonyl (C=O) groups excluding carboxylic acids is 1. The summed E-state index contributed by atoms with van der Waals surface area (Å²) in [7, 11) is 0. The fraction of sp³-hybridized carbons (Fsp3) is 0.240. The number of carbonyl (C=O) groups is 2. The van der Waals surface area contributed by atoms with Crippen molar-refractivity contribution in [2.24, 2.45) is 5.41 Å². The summed E-state index contributed by atoms with van der Waals surface area (Å²) in [5.74, 6) is -0.727. The van der Waals surface area contributed by atoms with Crippen LogP contribution in [-0.2, 0) is 4.79 Å². The highest BCUT2D eigenvalue weighted by molar-refractivity contribution is 7.80. The summed E-state index contributed by atoms with van der Waals surface area (Å²) in [6.07, 6.45) is 2.77. The van der Waals surface area contributed by atoms with Crippen molar-refractivity contribution in [3.05, 3.63) is 70.8 Å². The zero-order valence-electron chi connectivity index (χ0n) is 17.9. The maximum Gasteiger partial charge on any atom is 0.336 e. The predicted octanol–water partition coefficient (Wildman–Crippen LogP) is 4.97. The Labute approximate surface area is 191 Å². The highest BCUT2D eigenvalue weighted by Gasteiger charge is 2.33. The van der Waals surface area contributed by atoms with Gasteiger partial charge in [-0.25, -0.2) is 4.79 Å². The van der Waals surface area contributed by atoms with Crippen LogP contribution in [0.5, 0.6) is 11.5 Å². The number of phenols is 1. The van der Waals surface area contributed by atoms with Crippen LogP contribution in [0.2, 0.25) is 0 Å². The second-order valence-corrected chi connectivity index (χ2v) is 9.30. The van der Waals surface area contributed by atoms with Crippen LogP contribution in [0.1, 0.15) is 48.7 Å². The molecule has 6 nitrogen and oxygen atoms in total. The van der Waals surface area contributed by atoms with Crippen LogP contribution >= 0.6 is 12.2 Å². The molecule has 1 heterocycles. The van der Waals surface area contributed by atoms with Crippen LogP contribution in [0.15, 0.2) is 54.1 Å². The molecule has 1 atom stereocenters. The van der Waals surface area contributed by atoms with Gasteiger partial charge in [0, 0.05) is 33.9 Å². The third-order valence-electron chi connectivity index (χ3n) is 5.43. The van der Waals surface area contributed by atoms with E-state index in [0.29, 0.717) is 33.1 Å². The van der Waals surface area contributed by atoms with E-state index in [1.165, 1.54) is 18.2 Å². The SMILES string of the molecule is CC(C)(C)C(=S)Nc1ccc(C2=C3C=CC(=O)CC3Oc3cc(O)ccc32)c(C(=O)O)c1. The molecule has 1 unspecified atom stereocenters. The summed E-state index contributed by atoms with van der Waals surface area (Å²) < 4.78 is 5.99. The number of aromatic carboxylic acids is 1. The molecule has 0 spiro atoms. The smallest absolute Gasteiger partial charge is 0.336 e. The molecule has 2 aliphatic rings. The van der Waals surface area contributed by atoms with Gasteiger partial charge in [0.05, 0.1) is 17.0 Å². The van der Waals surface area contributed by atoms with Crippen LogP contribution in [0.3, 0.4) is 0 Å². The summed E-state index contributed by atoms with van der Waals surface area (Å²) in [5.41, 5.74) is 2.97. The van der Waals surface area contributed by atoms with Crippen molar-refractivity contribution >= 4 is 40.2 Å². The van der Waals surface area contributed by atoms with Crippen molar-refractivity contribution in [2.45, 2.75) is 33.3 Å². The van der Waals surface area contributed by atoms with Crippen molar-refractivity contribution in [3.8, 4) is 11.5 Å². The number of carboxylic acids is 1. The van der Waals surface area contributed by atoms with Crippen LogP contribution in [0.4, 0.5) is 5.69 Å². The van der Waals surface area contributed by atoms with Crippen LogP contribution in [0, 0.1) is 5.41 Å². The van der Waals surface area contributed by atoms with Crippen LogP contribution < -0.4 is 10.1 Å². The number of rotatable bonds is 3. The largest absolute Gasteiger partial charge is 0.508 e. The first kappa shape index (κ1) is 21.8. The van der Waals surface area contributed by atoms with E-state index in [4.69, 9.17) is 17.0 Å². The number of allylic oxidation sites excluding steroid dienone is 1. The second-order valence-electron chi connectivity index (χ2n) is 8.89. The summed E-state index contributed by atoms with van der Waals surface area (Å²) in [4.78, 5) is 24.8.